The van der Waals surface area contributed by atoms with Crippen molar-refractivity contribution in [1.29, 1.82) is 0 Å². The maximum Gasteiger partial charge on any atom is 0.314 e. The van der Waals surface area contributed by atoms with Crippen LogP contribution >= 0.6 is 0 Å². The SMILES string of the molecule is CN(C)CCNC(=O)NCC1(C(=O)O)CCOCC1. The van der Waals surface area contributed by atoms with Gasteiger partial charge in [0.05, 0.1) is 5.41 Å². The Morgan fingerprint density at radius 2 is 1.89 bits per heavy atom. The lowest BCUT2D eigenvalue weighted by Crippen LogP contribution is -2.49. The van der Waals surface area contributed by atoms with Gasteiger partial charge in [-0.1, -0.05) is 0 Å². The van der Waals surface area contributed by atoms with Gasteiger partial charge < -0.3 is 25.4 Å². The minimum absolute atomic E-state index is 0.138. The second kappa shape index (κ2) is 7.30. The van der Waals surface area contributed by atoms with Gasteiger partial charge in [0.15, 0.2) is 0 Å². The molecule has 1 rings (SSSR count). The molecular weight excluding hydrogens is 250 g/mol. The highest BCUT2D eigenvalue weighted by atomic mass is 16.5. The lowest BCUT2D eigenvalue weighted by molar-refractivity contribution is -0.154. The van der Waals surface area contributed by atoms with Crippen LogP contribution in [0.3, 0.4) is 0 Å². The average Bonchev–Trinajstić information content (AvgIpc) is 2.37. The maximum atomic E-state index is 11.6. The summed E-state index contributed by atoms with van der Waals surface area (Å²) in [5.41, 5.74) is -0.892. The summed E-state index contributed by atoms with van der Waals surface area (Å²) in [7, 11) is 3.84. The van der Waals surface area contributed by atoms with Crippen LogP contribution in [0.15, 0.2) is 0 Å². The highest BCUT2D eigenvalue weighted by molar-refractivity contribution is 5.78. The molecule has 3 N–H and O–H groups in total. The van der Waals surface area contributed by atoms with Crippen LogP contribution in [-0.2, 0) is 9.53 Å². The van der Waals surface area contributed by atoms with Gasteiger partial charge in [-0.3, -0.25) is 4.79 Å². The van der Waals surface area contributed by atoms with Crippen molar-refractivity contribution in [3.63, 3.8) is 0 Å². The van der Waals surface area contributed by atoms with E-state index < -0.39 is 11.4 Å². The monoisotopic (exact) mass is 273 g/mol. The molecule has 1 saturated heterocycles. The second-order valence-corrected chi connectivity index (χ2v) is 5.11. The lowest BCUT2D eigenvalue weighted by Gasteiger charge is -2.33. The summed E-state index contributed by atoms with van der Waals surface area (Å²) in [5.74, 6) is -0.871. The van der Waals surface area contributed by atoms with Crippen LogP contribution < -0.4 is 10.6 Å². The van der Waals surface area contributed by atoms with Gasteiger partial charge in [-0.2, -0.15) is 0 Å². The zero-order chi connectivity index (χ0) is 14.3. The number of carbonyl (C=O) groups excluding carboxylic acids is 1. The number of carboxylic acids is 1. The van der Waals surface area contributed by atoms with Crippen molar-refractivity contribution in [2.45, 2.75) is 12.8 Å². The Hall–Kier alpha value is -1.34. The van der Waals surface area contributed by atoms with Crippen LogP contribution in [0.25, 0.3) is 0 Å². The quantitative estimate of drug-likeness (QED) is 0.619. The molecule has 110 valence electrons. The molecule has 1 heterocycles. The van der Waals surface area contributed by atoms with Crippen LogP contribution in [0, 0.1) is 5.41 Å². The van der Waals surface area contributed by atoms with Gasteiger partial charge in [-0.25, -0.2) is 4.79 Å². The van der Waals surface area contributed by atoms with Crippen molar-refractivity contribution in [3.05, 3.63) is 0 Å². The number of carboxylic acid groups (broad SMARTS) is 1. The molecule has 0 aromatic carbocycles. The van der Waals surface area contributed by atoms with E-state index in [1.165, 1.54) is 0 Å². The summed E-state index contributed by atoms with van der Waals surface area (Å²) in [6.07, 6.45) is 0.862. The molecule has 2 amide bonds. The summed E-state index contributed by atoms with van der Waals surface area (Å²) in [5, 5.41) is 14.7. The molecule has 0 aliphatic carbocycles. The standard InChI is InChI=1S/C12H23N3O4/c1-15(2)6-5-13-11(18)14-9-12(10(16)17)3-7-19-8-4-12/h3-9H2,1-2H3,(H,16,17)(H2,13,14,18). The Morgan fingerprint density at radius 3 is 2.42 bits per heavy atom. The predicted octanol–water partition coefficient (Wildman–Crippen LogP) is -0.271. The van der Waals surface area contributed by atoms with Crippen molar-refractivity contribution in [1.82, 2.24) is 15.5 Å². The van der Waals surface area contributed by atoms with Gasteiger partial charge in [-0.15, -0.1) is 0 Å². The first-order valence-electron chi connectivity index (χ1n) is 6.44. The van der Waals surface area contributed by atoms with Gasteiger partial charge in [0, 0.05) is 32.8 Å². The molecule has 0 aromatic rings. The van der Waals surface area contributed by atoms with Crippen LogP contribution in [-0.4, -0.2) is 69.0 Å². The summed E-state index contributed by atoms with van der Waals surface area (Å²) in [6, 6.07) is -0.325. The summed E-state index contributed by atoms with van der Waals surface area (Å²) in [6.45, 7) is 2.26. The number of hydrogen-bond donors (Lipinski definition) is 3. The highest BCUT2D eigenvalue weighted by Crippen LogP contribution is 2.29. The van der Waals surface area contributed by atoms with E-state index in [9.17, 15) is 14.7 Å². The van der Waals surface area contributed by atoms with Crippen LogP contribution in [0.1, 0.15) is 12.8 Å². The van der Waals surface area contributed by atoms with E-state index in [-0.39, 0.29) is 12.6 Å². The number of hydrogen-bond acceptors (Lipinski definition) is 4. The van der Waals surface area contributed by atoms with E-state index >= 15 is 0 Å². The number of amides is 2. The van der Waals surface area contributed by atoms with Crippen molar-refractivity contribution >= 4 is 12.0 Å². The van der Waals surface area contributed by atoms with Crippen LogP contribution in [0.5, 0.6) is 0 Å². The first kappa shape index (κ1) is 15.7. The zero-order valence-electron chi connectivity index (χ0n) is 11.6. The molecule has 0 saturated carbocycles. The number of nitrogens with one attached hydrogen (secondary N) is 2. The minimum atomic E-state index is -0.892. The topological polar surface area (TPSA) is 90.9 Å². The predicted molar refractivity (Wildman–Crippen MR) is 70.1 cm³/mol. The molecule has 0 unspecified atom stereocenters. The fraction of sp³-hybridized carbons (Fsp3) is 0.833. The van der Waals surface area contributed by atoms with Gasteiger partial charge in [0.1, 0.15) is 0 Å². The minimum Gasteiger partial charge on any atom is -0.481 e. The summed E-state index contributed by atoms with van der Waals surface area (Å²) in [4.78, 5) is 24.9. The number of nitrogens with zero attached hydrogens (tertiary/aromatic N) is 1. The highest BCUT2D eigenvalue weighted by Gasteiger charge is 2.40. The molecule has 1 aliphatic rings. The molecule has 7 nitrogen and oxygen atoms in total. The maximum absolute atomic E-state index is 11.6. The van der Waals surface area contributed by atoms with E-state index in [4.69, 9.17) is 4.74 Å². The number of aliphatic carboxylic acids is 1. The Kier molecular flexibility index (Phi) is 6.04. The van der Waals surface area contributed by atoms with Crippen molar-refractivity contribution in [2.75, 3.05) is 46.9 Å². The van der Waals surface area contributed by atoms with E-state index in [0.717, 1.165) is 6.54 Å². The van der Waals surface area contributed by atoms with Crippen molar-refractivity contribution in [3.8, 4) is 0 Å². The van der Waals surface area contributed by atoms with Crippen molar-refractivity contribution in [2.24, 2.45) is 5.41 Å². The van der Waals surface area contributed by atoms with E-state index in [1.807, 2.05) is 19.0 Å². The molecule has 0 aromatic heterocycles. The van der Waals surface area contributed by atoms with Gasteiger partial charge in [0.2, 0.25) is 0 Å². The summed E-state index contributed by atoms with van der Waals surface area (Å²) >= 11 is 0. The fourth-order valence-electron chi connectivity index (χ4n) is 1.93. The number of urea groups is 1. The number of likely N-dealkylation sites (N-methyl/N-ethyl adjacent to an activating group) is 1. The zero-order valence-corrected chi connectivity index (χ0v) is 11.6. The third-order valence-electron chi connectivity index (χ3n) is 3.34. The van der Waals surface area contributed by atoms with Gasteiger partial charge in [0.25, 0.3) is 0 Å². The van der Waals surface area contributed by atoms with Crippen LogP contribution in [0.2, 0.25) is 0 Å². The van der Waals surface area contributed by atoms with Gasteiger partial charge in [-0.05, 0) is 26.9 Å². The Balaban J connectivity index is 2.35. The number of rotatable bonds is 6. The summed E-state index contributed by atoms with van der Waals surface area (Å²) < 4.78 is 5.18. The number of carbonyl (C=O) groups is 2. The molecule has 7 heteroatoms. The lowest BCUT2D eigenvalue weighted by atomic mass is 9.80. The van der Waals surface area contributed by atoms with Gasteiger partial charge >= 0.3 is 12.0 Å². The fourth-order valence-corrected chi connectivity index (χ4v) is 1.93. The molecule has 0 spiro atoms. The molecule has 1 aliphatic heterocycles. The van der Waals surface area contributed by atoms with E-state index in [2.05, 4.69) is 10.6 Å². The first-order chi connectivity index (χ1) is 8.96. The smallest absolute Gasteiger partial charge is 0.314 e. The van der Waals surface area contributed by atoms with Crippen LogP contribution in [0.4, 0.5) is 4.79 Å². The molecule has 0 radical (unpaired) electrons. The second-order valence-electron chi connectivity index (χ2n) is 5.11. The molecule has 0 atom stereocenters. The average molecular weight is 273 g/mol. The number of ether oxygens (including phenoxy) is 1. The largest absolute Gasteiger partial charge is 0.481 e. The Morgan fingerprint density at radius 1 is 1.26 bits per heavy atom. The normalized spacial score (nSPS) is 18.1. The Bertz CT molecular complexity index is 314. The van der Waals surface area contributed by atoms with Crippen molar-refractivity contribution < 1.29 is 19.4 Å². The molecule has 1 fully saturated rings. The van der Waals surface area contributed by atoms with E-state index in [0.29, 0.717) is 32.6 Å². The third kappa shape index (κ3) is 5.04. The molecular formula is C12H23N3O4. The molecule has 0 bridgehead atoms. The Labute approximate surface area is 113 Å². The van der Waals surface area contributed by atoms with E-state index in [1.54, 1.807) is 0 Å². The first-order valence-corrected chi connectivity index (χ1v) is 6.44. The third-order valence-corrected chi connectivity index (χ3v) is 3.34. The molecule has 19 heavy (non-hydrogen) atoms.